The van der Waals surface area contributed by atoms with Crippen molar-refractivity contribution in [3.05, 3.63) is 34.4 Å². The maximum absolute atomic E-state index is 12.3. The smallest absolute Gasteiger partial charge is 0.241 e. The minimum absolute atomic E-state index is 0.00401. The van der Waals surface area contributed by atoms with Crippen LogP contribution in [-0.2, 0) is 9.59 Å². The van der Waals surface area contributed by atoms with Crippen LogP contribution in [0, 0.1) is 20.8 Å². The minimum Gasteiger partial charge on any atom is -0.347 e. The monoisotopic (exact) mass is 318 g/mol. The molecule has 0 heterocycles. The summed E-state index contributed by atoms with van der Waals surface area (Å²) in [5, 5.41) is 2.57. The molecule has 0 saturated heterocycles. The fourth-order valence-corrected chi connectivity index (χ4v) is 2.58. The Bertz CT molecular complexity index is 583. The molecule has 0 fully saturated rings. The minimum atomic E-state index is -0.203. The molecule has 126 valence electrons. The van der Waals surface area contributed by atoms with E-state index in [1.807, 2.05) is 32.9 Å². The number of nitrogens with zero attached hydrogens (tertiary/aromatic N) is 1. The van der Waals surface area contributed by atoms with Gasteiger partial charge in [0.05, 0.1) is 6.54 Å². The van der Waals surface area contributed by atoms with Crippen LogP contribution in [0.4, 0.5) is 0 Å². The van der Waals surface area contributed by atoms with Gasteiger partial charge in [-0.25, -0.2) is 0 Å². The van der Waals surface area contributed by atoms with Crippen molar-refractivity contribution in [2.24, 2.45) is 0 Å². The number of carbonyl (C=O) groups excluding carboxylic acids is 3. The number of amides is 2. The zero-order valence-corrected chi connectivity index (χ0v) is 14.7. The number of carbonyl (C=O) groups is 3. The van der Waals surface area contributed by atoms with Crippen molar-refractivity contribution in [1.29, 1.82) is 0 Å². The van der Waals surface area contributed by atoms with Crippen LogP contribution in [0.5, 0.6) is 0 Å². The fourth-order valence-electron chi connectivity index (χ4n) is 2.58. The van der Waals surface area contributed by atoms with Gasteiger partial charge >= 0.3 is 0 Å². The number of ketones is 1. The summed E-state index contributed by atoms with van der Waals surface area (Å²) in [5.41, 5.74) is 3.86. The van der Waals surface area contributed by atoms with Crippen LogP contribution >= 0.6 is 0 Å². The summed E-state index contributed by atoms with van der Waals surface area (Å²) in [4.78, 5) is 36.8. The Hall–Kier alpha value is -2.17. The number of hydrogen-bond donors (Lipinski definition) is 1. The number of Topliss-reactive ketones (excluding diaryl/α,β-unsaturated/α-hetero) is 1. The molecule has 0 atom stereocenters. The average Bonchev–Trinajstić information content (AvgIpc) is 2.43. The van der Waals surface area contributed by atoms with Crippen LogP contribution in [0.1, 0.15) is 46.3 Å². The predicted molar refractivity (Wildman–Crippen MR) is 90.5 cm³/mol. The molecule has 2 amide bonds. The van der Waals surface area contributed by atoms with Gasteiger partial charge in [0.25, 0.3) is 0 Å². The fraction of sp³-hybridized carbons (Fsp3) is 0.500. The second-order valence-corrected chi connectivity index (χ2v) is 6.12. The number of aryl methyl sites for hydroxylation is 3. The number of hydrogen-bond acceptors (Lipinski definition) is 3. The highest BCUT2D eigenvalue weighted by Gasteiger charge is 2.14. The second kappa shape index (κ2) is 8.46. The standard InChI is InChI=1S/C18H26N2O3/c1-12-9-13(2)18(14(3)10-12)15(21)7-6-8-16(22)19-11-17(23)20(4)5/h9-10H,6-8,11H2,1-5H3,(H,19,22). The molecule has 0 unspecified atom stereocenters. The van der Waals surface area contributed by atoms with Crippen molar-refractivity contribution in [1.82, 2.24) is 10.2 Å². The van der Waals surface area contributed by atoms with Crippen LogP contribution in [0.3, 0.4) is 0 Å². The molecule has 5 nitrogen and oxygen atoms in total. The lowest BCUT2D eigenvalue weighted by molar-refractivity contribution is -0.130. The lowest BCUT2D eigenvalue weighted by atomic mass is 9.94. The molecule has 0 saturated carbocycles. The van der Waals surface area contributed by atoms with Gasteiger partial charge in [-0.05, 0) is 38.3 Å². The Morgan fingerprint density at radius 2 is 1.57 bits per heavy atom. The molecule has 0 aromatic heterocycles. The SMILES string of the molecule is Cc1cc(C)c(C(=O)CCCC(=O)NCC(=O)N(C)C)c(C)c1. The third-order valence-corrected chi connectivity index (χ3v) is 3.70. The first-order valence-corrected chi connectivity index (χ1v) is 7.80. The van der Waals surface area contributed by atoms with Crippen molar-refractivity contribution in [2.75, 3.05) is 20.6 Å². The molecule has 0 aliphatic heterocycles. The summed E-state index contributed by atoms with van der Waals surface area (Å²) in [6.45, 7) is 5.88. The number of nitrogens with one attached hydrogen (secondary N) is 1. The normalized spacial score (nSPS) is 10.3. The molecule has 1 aromatic carbocycles. The third-order valence-electron chi connectivity index (χ3n) is 3.70. The maximum atomic E-state index is 12.3. The average molecular weight is 318 g/mol. The highest BCUT2D eigenvalue weighted by atomic mass is 16.2. The Morgan fingerprint density at radius 3 is 2.09 bits per heavy atom. The van der Waals surface area contributed by atoms with Gasteiger partial charge in [-0.1, -0.05) is 17.7 Å². The first kappa shape index (κ1) is 18.9. The second-order valence-electron chi connectivity index (χ2n) is 6.12. The van der Waals surface area contributed by atoms with E-state index < -0.39 is 0 Å². The molecule has 0 aliphatic rings. The molecular weight excluding hydrogens is 292 g/mol. The maximum Gasteiger partial charge on any atom is 0.241 e. The van der Waals surface area contributed by atoms with Crippen LogP contribution in [0.25, 0.3) is 0 Å². The Balaban J connectivity index is 2.46. The summed E-state index contributed by atoms with van der Waals surface area (Å²) in [5.74, 6) is -0.289. The van der Waals surface area contributed by atoms with E-state index in [1.165, 1.54) is 4.90 Å². The largest absolute Gasteiger partial charge is 0.347 e. The lowest BCUT2D eigenvalue weighted by Gasteiger charge is -2.11. The van der Waals surface area contributed by atoms with E-state index in [-0.39, 0.29) is 30.6 Å². The predicted octanol–water partition coefficient (Wildman–Crippen LogP) is 2.17. The molecule has 0 bridgehead atoms. The van der Waals surface area contributed by atoms with Crippen molar-refractivity contribution < 1.29 is 14.4 Å². The van der Waals surface area contributed by atoms with Gasteiger partial charge in [-0.15, -0.1) is 0 Å². The van der Waals surface area contributed by atoms with E-state index in [4.69, 9.17) is 0 Å². The van der Waals surface area contributed by atoms with Gasteiger partial charge in [0.1, 0.15) is 0 Å². The van der Waals surface area contributed by atoms with Crippen LogP contribution in [-0.4, -0.2) is 43.1 Å². The molecule has 1 aromatic rings. The van der Waals surface area contributed by atoms with Crippen molar-refractivity contribution in [2.45, 2.75) is 40.0 Å². The van der Waals surface area contributed by atoms with Crippen LogP contribution < -0.4 is 5.32 Å². The van der Waals surface area contributed by atoms with E-state index in [0.717, 1.165) is 22.3 Å². The zero-order chi connectivity index (χ0) is 17.6. The van der Waals surface area contributed by atoms with Crippen LogP contribution in [0.15, 0.2) is 12.1 Å². The summed E-state index contributed by atoms with van der Waals surface area (Å²) < 4.78 is 0. The molecular formula is C18H26N2O3. The number of benzene rings is 1. The quantitative estimate of drug-likeness (QED) is 0.784. The van der Waals surface area contributed by atoms with Crippen molar-refractivity contribution >= 4 is 17.6 Å². The first-order chi connectivity index (χ1) is 10.7. The van der Waals surface area contributed by atoms with Gasteiger partial charge in [-0.3, -0.25) is 14.4 Å². The molecule has 0 aliphatic carbocycles. The molecule has 0 spiro atoms. The summed E-state index contributed by atoms with van der Waals surface area (Å²) in [7, 11) is 3.28. The van der Waals surface area contributed by atoms with Gasteiger partial charge in [0.15, 0.2) is 5.78 Å². The highest BCUT2D eigenvalue weighted by Crippen LogP contribution is 2.19. The Labute approximate surface area is 138 Å². The van der Waals surface area contributed by atoms with Crippen molar-refractivity contribution in [3.63, 3.8) is 0 Å². The summed E-state index contributed by atoms with van der Waals surface area (Å²) in [6.07, 6.45) is 1.06. The molecule has 0 radical (unpaired) electrons. The summed E-state index contributed by atoms with van der Waals surface area (Å²) in [6, 6.07) is 4.00. The number of likely N-dealkylation sites (N-methyl/N-ethyl adjacent to an activating group) is 1. The van der Waals surface area contributed by atoms with Gasteiger partial charge in [-0.2, -0.15) is 0 Å². The highest BCUT2D eigenvalue weighted by molar-refractivity contribution is 5.99. The molecule has 23 heavy (non-hydrogen) atoms. The lowest BCUT2D eigenvalue weighted by Crippen LogP contribution is -2.36. The molecule has 5 heteroatoms. The topological polar surface area (TPSA) is 66.5 Å². The zero-order valence-electron chi connectivity index (χ0n) is 14.7. The first-order valence-electron chi connectivity index (χ1n) is 7.80. The van der Waals surface area contributed by atoms with E-state index in [2.05, 4.69) is 5.32 Å². The molecule has 1 N–H and O–H groups in total. The van der Waals surface area contributed by atoms with Crippen LogP contribution in [0.2, 0.25) is 0 Å². The summed E-state index contributed by atoms with van der Waals surface area (Å²) >= 11 is 0. The van der Waals surface area contributed by atoms with E-state index in [0.29, 0.717) is 12.8 Å². The van der Waals surface area contributed by atoms with Gasteiger partial charge in [0.2, 0.25) is 11.8 Å². The van der Waals surface area contributed by atoms with E-state index >= 15 is 0 Å². The Kier molecular flexibility index (Phi) is 6.94. The van der Waals surface area contributed by atoms with Crippen molar-refractivity contribution in [3.8, 4) is 0 Å². The third kappa shape index (κ3) is 5.85. The van der Waals surface area contributed by atoms with E-state index in [1.54, 1.807) is 14.1 Å². The van der Waals surface area contributed by atoms with Gasteiger partial charge < -0.3 is 10.2 Å². The Morgan fingerprint density at radius 1 is 1.00 bits per heavy atom. The molecule has 1 rings (SSSR count). The number of rotatable bonds is 7. The van der Waals surface area contributed by atoms with Gasteiger partial charge in [0, 0.05) is 32.5 Å². The van der Waals surface area contributed by atoms with E-state index in [9.17, 15) is 14.4 Å².